The van der Waals surface area contributed by atoms with Gasteiger partial charge in [0.2, 0.25) is 5.91 Å². The highest BCUT2D eigenvalue weighted by Gasteiger charge is 2.27. The van der Waals surface area contributed by atoms with Gasteiger partial charge < -0.3 is 19.8 Å². The Labute approximate surface area is 161 Å². The van der Waals surface area contributed by atoms with Crippen LogP contribution < -0.4 is 0 Å². The number of aliphatic hydroxyl groups is 1. The number of carbonyl (C=O) groups excluding carboxylic acids is 1. The van der Waals surface area contributed by atoms with Crippen molar-refractivity contribution in [3.63, 3.8) is 0 Å². The van der Waals surface area contributed by atoms with Gasteiger partial charge in [-0.2, -0.15) is 0 Å². The van der Waals surface area contributed by atoms with Crippen LogP contribution in [0.3, 0.4) is 0 Å². The third-order valence-electron chi connectivity index (χ3n) is 4.98. The predicted molar refractivity (Wildman–Crippen MR) is 102 cm³/mol. The highest BCUT2D eigenvalue weighted by Crippen LogP contribution is 2.23. The van der Waals surface area contributed by atoms with Gasteiger partial charge in [-0.15, -0.1) is 0 Å². The molecule has 1 fully saturated rings. The first kappa shape index (κ1) is 21.4. The van der Waals surface area contributed by atoms with Crippen molar-refractivity contribution in [3.8, 4) is 0 Å². The topological polar surface area (TPSA) is 87.1 Å². The van der Waals surface area contributed by atoms with Crippen LogP contribution in [0, 0.1) is 0 Å². The summed E-state index contributed by atoms with van der Waals surface area (Å²) >= 11 is 0. The smallest absolute Gasteiger partial charge is 0.305 e. The molecule has 0 bridgehead atoms. The van der Waals surface area contributed by atoms with Gasteiger partial charge in [0.05, 0.1) is 19.1 Å². The summed E-state index contributed by atoms with van der Waals surface area (Å²) in [6, 6.07) is 10.1. The lowest BCUT2D eigenvalue weighted by Gasteiger charge is -2.36. The summed E-state index contributed by atoms with van der Waals surface area (Å²) in [5.41, 5.74) is 1.13. The van der Waals surface area contributed by atoms with Gasteiger partial charge in [0.25, 0.3) is 0 Å². The zero-order chi connectivity index (χ0) is 19.5. The van der Waals surface area contributed by atoms with Crippen LogP contribution in [0.5, 0.6) is 0 Å². The van der Waals surface area contributed by atoms with E-state index >= 15 is 0 Å². The van der Waals surface area contributed by atoms with Gasteiger partial charge in [-0.1, -0.05) is 30.3 Å². The average Bonchev–Trinajstić information content (AvgIpc) is 2.65. The van der Waals surface area contributed by atoms with Crippen molar-refractivity contribution < 1.29 is 24.5 Å². The Kier molecular flexibility index (Phi) is 9.28. The second kappa shape index (κ2) is 11.7. The fourth-order valence-corrected chi connectivity index (χ4v) is 3.57. The van der Waals surface area contributed by atoms with E-state index in [1.165, 1.54) is 0 Å². The minimum Gasteiger partial charge on any atom is -0.481 e. The van der Waals surface area contributed by atoms with Crippen LogP contribution in [-0.2, 0) is 20.7 Å². The molecule has 2 atom stereocenters. The summed E-state index contributed by atoms with van der Waals surface area (Å²) in [4.78, 5) is 24.7. The lowest BCUT2D eigenvalue weighted by molar-refractivity contribution is -0.138. The molecule has 0 radical (unpaired) electrons. The zero-order valence-corrected chi connectivity index (χ0v) is 15.9. The third-order valence-corrected chi connectivity index (χ3v) is 4.98. The molecule has 6 heteroatoms. The average molecular weight is 377 g/mol. The highest BCUT2D eigenvalue weighted by atomic mass is 16.5. The fourth-order valence-electron chi connectivity index (χ4n) is 3.57. The van der Waals surface area contributed by atoms with E-state index in [4.69, 9.17) is 9.84 Å². The lowest BCUT2D eigenvalue weighted by atomic mass is 9.94. The Balaban J connectivity index is 1.72. The highest BCUT2D eigenvalue weighted by molar-refractivity contribution is 5.77. The molecule has 1 heterocycles. The van der Waals surface area contributed by atoms with Crippen molar-refractivity contribution in [2.45, 2.75) is 63.5 Å². The van der Waals surface area contributed by atoms with Gasteiger partial charge in [0.15, 0.2) is 0 Å². The molecular formula is C21H31NO5. The molecule has 2 rings (SSSR count). The summed E-state index contributed by atoms with van der Waals surface area (Å²) in [5.74, 6) is -0.690. The van der Waals surface area contributed by atoms with E-state index in [9.17, 15) is 14.7 Å². The van der Waals surface area contributed by atoms with Gasteiger partial charge in [-0.05, 0) is 44.1 Å². The molecule has 1 aromatic rings. The number of aliphatic hydroxyl groups excluding tert-OH is 1. The van der Waals surface area contributed by atoms with Gasteiger partial charge >= 0.3 is 5.97 Å². The Morgan fingerprint density at radius 1 is 1.26 bits per heavy atom. The number of hydrogen-bond acceptors (Lipinski definition) is 4. The van der Waals surface area contributed by atoms with Crippen LogP contribution in [0.2, 0.25) is 0 Å². The molecule has 1 unspecified atom stereocenters. The number of piperidine rings is 1. The molecular weight excluding hydrogens is 346 g/mol. The van der Waals surface area contributed by atoms with E-state index in [1.54, 1.807) is 0 Å². The molecule has 2 N–H and O–H groups in total. The quantitative estimate of drug-likeness (QED) is 0.547. The Hall–Kier alpha value is -1.92. The summed E-state index contributed by atoms with van der Waals surface area (Å²) in [5, 5.41) is 18.9. The Morgan fingerprint density at radius 3 is 2.78 bits per heavy atom. The monoisotopic (exact) mass is 377 g/mol. The first-order valence-electron chi connectivity index (χ1n) is 9.87. The number of benzene rings is 1. The molecule has 6 nitrogen and oxygen atoms in total. The van der Waals surface area contributed by atoms with E-state index in [1.807, 2.05) is 35.2 Å². The largest absolute Gasteiger partial charge is 0.481 e. The van der Waals surface area contributed by atoms with E-state index in [-0.39, 0.29) is 25.0 Å². The van der Waals surface area contributed by atoms with Gasteiger partial charge in [0, 0.05) is 25.6 Å². The standard InChI is InChI=1S/C21H31NO5/c23-19(16-17-6-2-1-3-7-17)11-10-18-8-4-9-20(24)22(18)13-5-14-27-15-12-21(25)26/h1-3,6-7,18-19,23H,4-5,8-16H2,(H,25,26)/t18-,19?/m1/s1. The molecule has 1 aliphatic heterocycles. The number of rotatable bonds is 12. The van der Waals surface area contributed by atoms with Crippen molar-refractivity contribution >= 4 is 11.9 Å². The number of nitrogens with zero attached hydrogens (tertiary/aromatic N) is 1. The normalized spacial score (nSPS) is 18.5. The van der Waals surface area contributed by atoms with Crippen LogP contribution in [0.15, 0.2) is 30.3 Å². The summed E-state index contributed by atoms with van der Waals surface area (Å²) in [6.07, 6.45) is 4.90. The number of aliphatic carboxylic acids is 1. The zero-order valence-electron chi connectivity index (χ0n) is 15.9. The maximum atomic E-state index is 12.3. The van der Waals surface area contributed by atoms with E-state index in [0.717, 1.165) is 24.8 Å². The van der Waals surface area contributed by atoms with Crippen LogP contribution in [0.4, 0.5) is 0 Å². The van der Waals surface area contributed by atoms with Crippen LogP contribution in [0.25, 0.3) is 0 Å². The molecule has 0 aliphatic carbocycles. The van der Waals surface area contributed by atoms with Crippen LogP contribution >= 0.6 is 0 Å². The van der Waals surface area contributed by atoms with E-state index in [2.05, 4.69) is 0 Å². The lowest BCUT2D eigenvalue weighted by Crippen LogP contribution is -2.44. The van der Waals surface area contributed by atoms with Gasteiger partial charge in [-0.25, -0.2) is 0 Å². The van der Waals surface area contributed by atoms with Crippen molar-refractivity contribution in [1.82, 2.24) is 4.90 Å². The number of carbonyl (C=O) groups is 2. The second-order valence-corrected chi connectivity index (χ2v) is 7.16. The summed E-state index contributed by atoms with van der Waals surface area (Å²) in [7, 11) is 0. The Morgan fingerprint density at radius 2 is 2.04 bits per heavy atom. The number of carboxylic acids is 1. The first-order chi connectivity index (χ1) is 13.1. The Bertz CT molecular complexity index is 577. The number of carboxylic acid groups (broad SMARTS) is 1. The molecule has 1 saturated heterocycles. The van der Waals surface area contributed by atoms with Crippen molar-refractivity contribution in [2.24, 2.45) is 0 Å². The van der Waals surface area contributed by atoms with Crippen LogP contribution in [-0.4, -0.2) is 58.9 Å². The number of amides is 1. The van der Waals surface area contributed by atoms with Crippen LogP contribution in [0.1, 0.15) is 50.5 Å². The fraction of sp³-hybridized carbons (Fsp3) is 0.619. The van der Waals surface area contributed by atoms with Crippen molar-refractivity contribution in [1.29, 1.82) is 0 Å². The maximum absolute atomic E-state index is 12.3. The number of ether oxygens (including phenoxy) is 1. The van der Waals surface area contributed by atoms with E-state index < -0.39 is 12.1 Å². The molecule has 1 aliphatic rings. The van der Waals surface area contributed by atoms with Crippen molar-refractivity contribution in [3.05, 3.63) is 35.9 Å². The molecule has 150 valence electrons. The number of hydrogen-bond donors (Lipinski definition) is 2. The summed E-state index contributed by atoms with van der Waals surface area (Å²) < 4.78 is 5.31. The van der Waals surface area contributed by atoms with Gasteiger partial charge in [0.1, 0.15) is 0 Å². The predicted octanol–water partition coefficient (Wildman–Crippen LogP) is 2.63. The first-order valence-corrected chi connectivity index (χ1v) is 9.87. The maximum Gasteiger partial charge on any atom is 0.305 e. The number of likely N-dealkylation sites (tertiary alicyclic amines) is 1. The molecule has 27 heavy (non-hydrogen) atoms. The molecule has 0 aromatic heterocycles. The SMILES string of the molecule is O=C(O)CCOCCCN1C(=O)CCC[C@@H]1CCC(O)Cc1ccccc1. The van der Waals surface area contributed by atoms with E-state index in [0.29, 0.717) is 38.8 Å². The molecule has 1 amide bonds. The van der Waals surface area contributed by atoms with Crippen molar-refractivity contribution in [2.75, 3.05) is 19.8 Å². The molecule has 1 aromatic carbocycles. The third kappa shape index (κ3) is 8.10. The molecule has 0 spiro atoms. The second-order valence-electron chi connectivity index (χ2n) is 7.16. The van der Waals surface area contributed by atoms with Gasteiger partial charge in [-0.3, -0.25) is 9.59 Å². The minimum atomic E-state index is -0.865. The summed E-state index contributed by atoms with van der Waals surface area (Å²) in [6.45, 7) is 1.30. The minimum absolute atomic E-state index is 0.00454. The molecule has 0 saturated carbocycles.